The lowest BCUT2D eigenvalue weighted by molar-refractivity contribution is 0.0954. The minimum atomic E-state index is -0.0345. The predicted octanol–water partition coefficient (Wildman–Crippen LogP) is 3.18. The van der Waals surface area contributed by atoms with E-state index in [2.05, 4.69) is 32.9 Å². The second kappa shape index (κ2) is 6.68. The SMILES string of the molecule is O=C(NCCCCI)c1cccc2cccnc12. The van der Waals surface area contributed by atoms with Crippen molar-refractivity contribution in [3.8, 4) is 0 Å². The number of para-hydroxylation sites is 1. The quantitative estimate of drug-likeness (QED) is 0.509. The summed E-state index contributed by atoms with van der Waals surface area (Å²) in [6.45, 7) is 0.727. The Morgan fingerprint density at radius 3 is 2.89 bits per heavy atom. The smallest absolute Gasteiger partial charge is 0.253 e. The first-order valence-corrected chi connectivity index (χ1v) is 7.53. The van der Waals surface area contributed by atoms with Gasteiger partial charge in [0.25, 0.3) is 5.91 Å². The Labute approximate surface area is 120 Å². The van der Waals surface area contributed by atoms with Crippen LogP contribution in [0.1, 0.15) is 23.2 Å². The summed E-state index contributed by atoms with van der Waals surface area (Å²) in [6, 6.07) is 9.53. The molecule has 0 atom stereocenters. The molecule has 0 aliphatic carbocycles. The third kappa shape index (κ3) is 3.19. The van der Waals surface area contributed by atoms with Crippen LogP contribution in [0.25, 0.3) is 10.9 Å². The number of hydrogen-bond donors (Lipinski definition) is 1. The third-order valence-electron chi connectivity index (χ3n) is 2.72. The molecule has 0 spiro atoms. The molecule has 0 saturated heterocycles. The summed E-state index contributed by atoms with van der Waals surface area (Å²) in [4.78, 5) is 16.4. The summed E-state index contributed by atoms with van der Waals surface area (Å²) in [6.07, 6.45) is 3.87. The Morgan fingerprint density at radius 1 is 1.22 bits per heavy atom. The molecule has 0 saturated carbocycles. The maximum atomic E-state index is 12.1. The van der Waals surface area contributed by atoms with Gasteiger partial charge < -0.3 is 5.32 Å². The van der Waals surface area contributed by atoms with Gasteiger partial charge in [-0.15, -0.1) is 0 Å². The largest absolute Gasteiger partial charge is 0.352 e. The van der Waals surface area contributed by atoms with Gasteiger partial charge in [-0.3, -0.25) is 9.78 Å². The second-order valence-electron chi connectivity index (χ2n) is 4.03. The molecule has 18 heavy (non-hydrogen) atoms. The van der Waals surface area contributed by atoms with Crippen LogP contribution in [0, 0.1) is 0 Å². The van der Waals surface area contributed by atoms with Crippen LogP contribution in [0.5, 0.6) is 0 Å². The van der Waals surface area contributed by atoms with Crippen molar-refractivity contribution in [3.05, 3.63) is 42.1 Å². The van der Waals surface area contributed by atoms with Gasteiger partial charge in [0.1, 0.15) is 0 Å². The Balaban J connectivity index is 2.13. The normalized spacial score (nSPS) is 10.5. The fourth-order valence-corrected chi connectivity index (χ4v) is 2.34. The topological polar surface area (TPSA) is 42.0 Å². The van der Waals surface area contributed by atoms with Crippen LogP contribution >= 0.6 is 22.6 Å². The highest BCUT2D eigenvalue weighted by molar-refractivity contribution is 14.1. The fraction of sp³-hybridized carbons (Fsp3) is 0.286. The average Bonchev–Trinajstić information content (AvgIpc) is 2.43. The maximum absolute atomic E-state index is 12.1. The predicted molar refractivity (Wildman–Crippen MR) is 82.2 cm³/mol. The van der Waals surface area contributed by atoms with Crippen molar-refractivity contribution >= 4 is 39.4 Å². The van der Waals surface area contributed by atoms with Crippen molar-refractivity contribution in [3.63, 3.8) is 0 Å². The number of carbonyl (C=O) groups excluding carboxylic acids is 1. The van der Waals surface area contributed by atoms with Gasteiger partial charge in [-0.1, -0.05) is 40.8 Å². The first-order chi connectivity index (χ1) is 8.83. The molecule has 0 radical (unpaired) electrons. The van der Waals surface area contributed by atoms with Crippen LogP contribution in [0.15, 0.2) is 36.5 Å². The van der Waals surface area contributed by atoms with Gasteiger partial charge >= 0.3 is 0 Å². The number of hydrogen-bond acceptors (Lipinski definition) is 2. The average molecular weight is 354 g/mol. The zero-order valence-corrected chi connectivity index (χ0v) is 12.2. The molecule has 1 aromatic heterocycles. The molecule has 94 valence electrons. The van der Waals surface area contributed by atoms with Crippen molar-refractivity contribution in [2.24, 2.45) is 0 Å². The second-order valence-corrected chi connectivity index (χ2v) is 5.11. The van der Waals surface area contributed by atoms with E-state index in [0.717, 1.165) is 34.7 Å². The first kappa shape index (κ1) is 13.3. The minimum Gasteiger partial charge on any atom is -0.352 e. The number of nitrogens with one attached hydrogen (secondary N) is 1. The maximum Gasteiger partial charge on any atom is 0.253 e. The van der Waals surface area contributed by atoms with Crippen LogP contribution in [-0.2, 0) is 0 Å². The highest BCUT2D eigenvalue weighted by Crippen LogP contribution is 2.15. The summed E-state index contributed by atoms with van der Waals surface area (Å²) < 4.78 is 1.13. The van der Waals surface area contributed by atoms with Crippen LogP contribution < -0.4 is 5.32 Å². The van der Waals surface area contributed by atoms with Gasteiger partial charge in [0, 0.05) is 18.1 Å². The van der Waals surface area contributed by atoms with Gasteiger partial charge in [0.2, 0.25) is 0 Å². The van der Waals surface area contributed by atoms with Crippen molar-refractivity contribution in [1.29, 1.82) is 0 Å². The lowest BCUT2D eigenvalue weighted by atomic mass is 10.1. The summed E-state index contributed by atoms with van der Waals surface area (Å²) in [5.74, 6) is -0.0345. The Morgan fingerprint density at radius 2 is 2.06 bits per heavy atom. The van der Waals surface area contributed by atoms with E-state index >= 15 is 0 Å². The van der Waals surface area contributed by atoms with E-state index in [0.29, 0.717) is 5.56 Å². The zero-order valence-electron chi connectivity index (χ0n) is 10.0. The monoisotopic (exact) mass is 354 g/mol. The molecular weight excluding hydrogens is 339 g/mol. The number of amides is 1. The molecule has 2 aromatic rings. The summed E-state index contributed by atoms with van der Waals surface area (Å²) >= 11 is 2.34. The fourth-order valence-electron chi connectivity index (χ4n) is 1.80. The van der Waals surface area contributed by atoms with Gasteiger partial charge in [-0.25, -0.2) is 0 Å². The number of pyridine rings is 1. The Bertz CT molecular complexity index is 537. The van der Waals surface area contributed by atoms with Gasteiger partial charge in [-0.2, -0.15) is 0 Å². The lowest BCUT2D eigenvalue weighted by Crippen LogP contribution is -2.24. The van der Waals surface area contributed by atoms with Crippen molar-refractivity contribution in [2.75, 3.05) is 11.0 Å². The van der Waals surface area contributed by atoms with Crippen LogP contribution in [0.2, 0.25) is 0 Å². The molecule has 0 aliphatic rings. The van der Waals surface area contributed by atoms with E-state index in [1.165, 1.54) is 0 Å². The van der Waals surface area contributed by atoms with Crippen molar-refractivity contribution in [2.45, 2.75) is 12.8 Å². The summed E-state index contributed by atoms with van der Waals surface area (Å²) in [7, 11) is 0. The molecule has 1 heterocycles. The van der Waals surface area contributed by atoms with E-state index in [4.69, 9.17) is 0 Å². The number of fused-ring (bicyclic) bond motifs is 1. The molecule has 1 N–H and O–H groups in total. The first-order valence-electron chi connectivity index (χ1n) is 6.01. The molecule has 3 nitrogen and oxygen atoms in total. The summed E-state index contributed by atoms with van der Waals surface area (Å²) in [5, 5.41) is 3.94. The van der Waals surface area contributed by atoms with Crippen LogP contribution in [-0.4, -0.2) is 21.9 Å². The van der Waals surface area contributed by atoms with E-state index < -0.39 is 0 Å². The highest BCUT2D eigenvalue weighted by Gasteiger charge is 2.09. The van der Waals surface area contributed by atoms with Crippen molar-refractivity contribution in [1.82, 2.24) is 10.3 Å². The Kier molecular flexibility index (Phi) is 4.92. The molecule has 2 rings (SSSR count). The van der Waals surface area contributed by atoms with E-state index in [-0.39, 0.29) is 5.91 Å². The van der Waals surface area contributed by atoms with Gasteiger partial charge in [0.05, 0.1) is 11.1 Å². The highest BCUT2D eigenvalue weighted by atomic mass is 127. The molecule has 1 amide bonds. The number of benzene rings is 1. The van der Waals surface area contributed by atoms with Gasteiger partial charge in [0.15, 0.2) is 0 Å². The molecule has 4 heteroatoms. The molecule has 0 bridgehead atoms. The lowest BCUT2D eigenvalue weighted by Gasteiger charge is -2.06. The molecule has 0 aliphatic heterocycles. The standard InChI is InChI=1S/C14H15IN2O/c15-8-1-2-9-17-14(18)12-7-3-5-11-6-4-10-16-13(11)12/h3-7,10H,1-2,8-9H2,(H,17,18). The van der Waals surface area contributed by atoms with Gasteiger partial charge in [-0.05, 0) is 29.4 Å². The number of alkyl halides is 1. The molecule has 1 aromatic carbocycles. The zero-order chi connectivity index (χ0) is 12.8. The molecule has 0 fully saturated rings. The van der Waals surface area contributed by atoms with Crippen LogP contribution in [0.3, 0.4) is 0 Å². The third-order valence-corrected chi connectivity index (χ3v) is 3.49. The van der Waals surface area contributed by atoms with E-state index in [9.17, 15) is 4.79 Å². The number of unbranched alkanes of at least 4 members (excludes halogenated alkanes) is 1. The number of nitrogens with zero attached hydrogens (tertiary/aromatic N) is 1. The number of aromatic nitrogens is 1. The minimum absolute atomic E-state index is 0.0345. The number of rotatable bonds is 5. The number of halogens is 1. The molecular formula is C14H15IN2O. The van der Waals surface area contributed by atoms with Crippen molar-refractivity contribution < 1.29 is 4.79 Å². The number of carbonyl (C=O) groups is 1. The van der Waals surface area contributed by atoms with E-state index in [1.54, 1.807) is 6.20 Å². The Hall–Kier alpha value is -1.17. The molecule has 0 unspecified atom stereocenters. The van der Waals surface area contributed by atoms with E-state index in [1.807, 2.05) is 30.3 Å². The summed E-state index contributed by atoms with van der Waals surface area (Å²) in [5.41, 5.74) is 1.42. The van der Waals surface area contributed by atoms with Crippen LogP contribution in [0.4, 0.5) is 0 Å².